The van der Waals surface area contributed by atoms with Crippen LogP contribution in [0.15, 0.2) is 168 Å². The van der Waals surface area contributed by atoms with Crippen LogP contribution in [0.3, 0.4) is 0 Å². The maximum Gasteiger partial charge on any atom is 0.137 e. The van der Waals surface area contributed by atoms with E-state index in [-0.39, 0.29) is 0 Å². The molecule has 0 saturated carbocycles. The van der Waals surface area contributed by atoms with Crippen molar-refractivity contribution in [3.05, 3.63) is 225 Å². The second-order valence-corrected chi connectivity index (χ2v) is 15.4. The molecule has 5 aromatic carbocycles. The SMILES string of the molecule is C#C/C=C(\C=C/C)c1ccc(C)cc1.C=C/C(=C(/C)C1=Cc2ccccc2C1)c1ccccc1C.CC.CC.CCC.Cc1ccc(C)cc1.Cc1cccc2c3c(oc12)CCC=C3. The number of furan rings is 1. The Morgan fingerprint density at radius 3 is 1.86 bits per heavy atom. The van der Waals surface area contributed by atoms with Gasteiger partial charge in [-0.1, -0.05) is 229 Å². The van der Waals surface area contributed by atoms with Crippen molar-refractivity contribution in [2.75, 3.05) is 0 Å². The van der Waals surface area contributed by atoms with Crippen LogP contribution in [0.25, 0.3) is 34.3 Å². The lowest BCUT2D eigenvalue weighted by molar-refractivity contribution is 0.544. The van der Waals surface area contributed by atoms with E-state index in [0.29, 0.717) is 0 Å². The van der Waals surface area contributed by atoms with Gasteiger partial charge in [0, 0.05) is 17.4 Å². The van der Waals surface area contributed by atoms with Crippen molar-refractivity contribution in [2.24, 2.45) is 0 Å². The van der Waals surface area contributed by atoms with Gasteiger partial charge in [-0.25, -0.2) is 0 Å². The average molecular weight is 849 g/mol. The highest BCUT2D eigenvalue weighted by molar-refractivity contribution is 5.91. The second kappa shape index (κ2) is 29.9. The zero-order valence-electron chi connectivity index (χ0n) is 41.5. The second-order valence-electron chi connectivity index (χ2n) is 15.4. The molecule has 1 heterocycles. The molecule has 0 amide bonds. The Morgan fingerprint density at radius 2 is 1.30 bits per heavy atom. The molecule has 1 heteroatoms. The third kappa shape index (κ3) is 16.4. The largest absolute Gasteiger partial charge is 0.460 e. The number of fused-ring (bicyclic) bond motifs is 4. The predicted molar refractivity (Wildman–Crippen MR) is 288 cm³/mol. The van der Waals surface area contributed by atoms with E-state index in [1.165, 1.54) is 78.6 Å². The summed E-state index contributed by atoms with van der Waals surface area (Å²) in [6.07, 6.45) is 24.2. The minimum Gasteiger partial charge on any atom is -0.460 e. The average Bonchev–Trinajstić information content (AvgIpc) is 3.94. The Balaban J connectivity index is 0.000000291. The summed E-state index contributed by atoms with van der Waals surface area (Å²) >= 11 is 0. The molecule has 2 aliphatic rings. The lowest BCUT2D eigenvalue weighted by Crippen LogP contribution is -1.94. The molecule has 0 spiro atoms. The summed E-state index contributed by atoms with van der Waals surface area (Å²) in [4.78, 5) is 0. The number of terminal acetylenes is 1. The van der Waals surface area contributed by atoms with Gasteiger partial charge in [0.2, 0.25) is 0 Å². The monoisotopic (exact) mass is 849 g/mol. The summed E-state index contributed by atoms with van der Waals surface area (Å²) < 4.78 is 5.87. The number of hydrogen-bond acceptors (Lipinski definition) is 1. The quantitative estimate of drug-likeness (QED) is 0.124. The van der Waals surface area contributed by atoms with Crippen LogP contribution in [0.2, 0.25) is 0 Å². The summed E-state index contributed by atoms with van der Waals surface area (Å²) in [7, 11) is 0. The van der Waals surface area contributed by atoms with Gasteiger partial charge in [0.05, 0.1) is 0 Å². The van der Waals surface area contributed by atoms with Crippen LogP contribution in [0, 0.1) is 47.0 Å². The molecule has 2 aliphatic carbocycles. The van der Waals surface area contributed by atoms with E-state index in [4.69, 9.17) is 10.8 Å². The number of allylic oxidation sites excluding steroid dienone is 9. The molecule has 0 radical (unpaired) electrons. The van der Waals surface area contributed by atoms with Gasteiger partial charge in [-0.05, 0) is 123 Å². The molecular weight excluding hydrogens is 773 g/mol. The molecule has 0 bridgehead atoms. The normalized spacial score (nSPS) is 12.1. The van der Waals surface area contributed by atoms with Gasteiger partial charge >= 0.3 is 0 Å². The van der Waals surface area contributed by atoms with Crippen molar-refractivity contribution >= 4 is 34.3 Å². The molecule has 64 heavy (non-hydrogen) atoms. The van der Waals surface area contributed by atoms with Crippen LogP contribution in [0.4, 0.5) is 0 Å². The van der Waals surface area contributed by atoms with Crippen LogP contribution < -0.4 is 0 Å². The highest BCUT2D eigenvalue weighted by Gasteiger charge is 2.17. The first-order chi connectivity index (χ1) is 31.0. The minimum atomic E-state index is 1.02. The molecule has 0 aliphatic heterocycles. The van der Waals surface area contributed by atoms with Crippen LogP contribution in [0.1, 0.15) is 130 Å². The molecule has 0 N–H and O–H groups in total. The standard InChI is InChI=1S/C21H20.C14H14.C13H12O.C8H10.C3H8.2C2H6/c1-4-20(21-12-8-5-9-15(21)2)16(3)19-13-17-10-6-7-11-18(17)14-19;1-4-6-13(7-5-2)14-10-8-12(3)9-11-14;1-9-5-4-7-11-10-6-2-3-8-12(10)14-13(9)11;1-7-3-5-8(2)6-4-7;1-3-2;2*1-2/h4-13H,1,14H2,2-3H3;1,5-11H,2-3H3;2,4-7H,3,8H2,1H3;3-6H,1-2H3;3H2,1-2H3;2*1-2H3/b20-16+;7-5-,13-6+;;;;;. The Labute approximate surface area is 389 Å². The van der Waals surface area contributed by atoms with Crippen molar-refractivity contribution < 1.29 is 4.42 Å². The van der Waals surface area contributed by atoms with Crippen molar-refractivity contribution in [3.8, 4) is 12.3 Å². The van der Waals surface area contributed by atoms with Gasteiger partial charge in [-0.2, -0.15) is 0 Å². The van der Waals surface area contributed by atoms with Crippen LogP contribution in [-0.4, -0.2) is 0 Å². The third-order valence-electron chi connectivity index (χ3n) is 10.3. The van der Waals surface area contributed by atoms with Gasteiger partial charge < -0.3 is 4.42 Å². The minimum absolute atomic E-state index is 1.02. The van der Waals surface area contributed by atoms with Gasteiger partial charge in [0.25, 0.3) is 0 Å². The number of rotatable bonds is 5. The number of benzene rings is 5. The maximum absolute atomic E-state index is 5.87. The molecule has 0 unspecified atom stereocenters. The van der Waals surface area contributed by atoms with Crippen molar-refractivity contribution in [1.29, 1.82) is 0 Å². The molecule has 0 saturated heterocycles. The van der Waals surface area contributed by atoms with E-state index in [1.807, 2.05) is 52.8 Å². The van der Waals surface area contributed by atoms with E-state index >= 15 is 0 Å². The van der Waals surface area contributed by atoms with E-state index in [0.717, 1.165) is 41.7 Å². The van der Waals surface area contributed by atoms with Crippen LogP contribution in [-0.2, 0) is 12.8 Å². The van der Waals surface area contributed by atoms with Gasteiger partial charge in [-0.15, -0.1) is 6.42 Å². The predicted octanol–water partition coefficient (Wildman–Crippen LogP) is 18.7. The van der Waals surface area contributed by atoms with Crippen molar-refractivity contribution in [1.82, 2.24) is 0 Å². The highest BCUT2D eigenvalue weighted by atomic mass is 16.3. The van der Waals surface area contributed by atoms with E-state index in [1.54, 1.807) is 6.08 Å². The first-order valence-electron chi connectivity index (χ1n) is 23.3. The summed E-state index contributed by atoms with van der Waals surface area (Å²) in [6.45, 7) is 31.0. The molecule has 0 atom stereocenters. The third-order valence-corrected chi connectivity index (χ3v) is 10.3. The smallest absolute Gasteiger partial charge is 0.137 e. The van der Waals surface area contributed by atoms with Gasteiger partial charge in [0.15, 0.2) is 0 Å². The number of hydrogen-bond donors (Lipinski definition) is 0. The Kier molecular flexibility index (Phi) is 25.1. The summed E-state index contributed by atoms with van der Waals surface area (Å²) in [5.41, 5.74) is 19.0. The summed E-state index contributed by atoms with van der Waals surface area (Å²) in [5, 5.41) is 1.26. The Bertz CT molecular complexity index is 2490. The zero-order valence-corrected chi connectivity index (χ0v) is 41.5. The summed E-state index contributed by atoms with van der Waals surface area (Å²) in [5.74, 6) is 3.70. The number of para-hydroxylation sites is 1. The Hall–Kier alpha value is -6.36. The topological polar surface area (TPSA) is 13.1 Å². The van der Waals surface area contributed by atoms with Gasteiger partial charge in [-0.3, -0.25) is 0 Å². The summed E-state index contributed by atoms with van der Waals surface area (Å²) in [6, 6.07) is 40.3. The fourth-order valence-electron chi connectivity index (χ4n) is 7.03. The molecule has 334 valence electrons. The van der Waals surface area contributed by atoms with E-state index < -0.39 is 0 Å². The highest BCUT2D eigenvalue weighted by Crippen LogP contribution is 2.35. The first kappa shape index (κ1) is 53.8. The molecule has 6 aromatic rings. The fraction of sp³-hybridized carbons (Fsp3) is 0.270. The molecular formula is C63H76O. The lowest BCUT2D eigenvalue weighted by atomic mass is 9.92. The van der Waals surface area contributed by atoms with Crippen molar-refractivity contribution in [2.45, 2.75) is 116 Å². The van der Waals surface area contributed by atoms with E-state index in [2.05, 4.69) is 201 Å². The first-order valence-corrected chi connectivity index (χ1v) is 23.3. The van der Waals surface area contributed by atoms with Crippen LogP contribution in [0.5, 0.6) is 0 Å². The molecule has 1 nitrogen and oxygen atoms in total. The molecule has 0 fully saturated rings. The van der Waals surface area contributed by atoms with E-state index in [9.17, 15) is 0 Å². The lowest BCUT2D eigenvalue weighted by Gasteiger charge is -2.12. The maximum atomic E-state index is 5.87. The molecule has 1 aromatic heterocycles. The number of aryl methyl sites for hydroxylation is 6. The van der Waals surface area contributed by atoms with Gasteiger partial charge in [0.1, 0.15) is 11.3 Å². The Morgan fingerprint density at radius 1 is 0.734 bits per heavy atom. The fourth-order valence-corrected chi connectivity index (χ4v) is 7.03. The van der Waals surface area contributed by atoms with Crippen LogP contribution >= 0.6 is 0 Å². The zero-order chi connectivity index (χ0) is 47.4. The van der Waals surface area contributed by atoms with Crippen molar-refractivity contribution in [3.63, 3.8) is 0 Å². The molecule has 8 rings (SSSR count).